The standard InChI is InChI=1S/C28H26ClN7O2/c1-19-6-3-7-22(16-19)32-33-27(34-35-28(38)25-18-21(29)8-11-26(25)37)24-10-9-23(17-20(24)2)36(14-4-12-30)15-5-13-31/h3,6-11,16-18,37H,4-5,14-15H2,1-2H3,(H,35,38). The van der Waals surface area contributed by atoms with Crippen molar-refractivity contribution in [3.8, 4) is 17.9 Å². The number of hydrogen-bond donors (Lipinski definition) is 2. The maximum Gasteiger partial charge on any atom is 0.275 e. The third-order valence-corrected chi connectivity index (χ3v) is 5.77. The molecule has 3 aromatic rings. The van der Waals surface area contributed by atoms with Gasteiger partial charge in [0.2, 0.25) is 5.84 Å². The number of aromatic hydroxyl groups is 1. The lowest BCUT2D eigenvalue weighted by molar-refractivity contribution is 0.0952. The molecule has 10 heteroatoms. The maximum absolute atomic E-state index is 12.7. The second kappa shape index (κ2) is 13.5. The Balaban J connectivity index is 1.98. The number of anilines is 1. The molecule has 9 nitrogen and oxygen atoms in total. The van der Waals surface area contributed by atoms with Crippen LogP contribution in [-0.2, 0) is 0 Å². The minimum atomic E-state index is -0.665. The SMILES string of the molecule is Cc1cccc(N=NC(=NNC(=O)c2cc(Cl)ccc2O)c2ccc(N(CCC#N)CCC#N)cc2C)c1. The number of carbonyl (C=O) groups is 1. The van der Waals surface area contributed by atoms with Gasteiger partial charge in [0.05, 0.1) is 36.2 Å². The number of phenolic OH excluding ortho intramolecular Hbond substituents is 1. The largest absolute Gasteiger partial charge is 0.507 e. The molecular formula is C28H26ClN7O2. The summed E-state index contributed by atoms with van der Waals surface area (Å²) in [5.74, 6) is -0.756. The second-order valence-electron chi connectivity index (χ2n) is 8.38. The Hall–Kier alpha value is -4.73. The number of amidine groups is 1. The van der Waals surface area contributed by atoms with Gasteiger partial charge in [-0.05, 0) is 73.5 Å². The van der Waals surface area contributed by atoms with E-state index in [4.69, 9.17) is 22.1 Å². The molecule has 0 aliphatic carbocycles. The van der Waals surface area contributed by atoms with Gasteiger partial charge in [-0.15, -0.1) is 15.3 Å². The van der Waals surface area contributed by atoms with E-state index in [1.165, 1.54) is 18.2 Å². The van der Waals surface area contributed by atoms with E-state index in [2.05, 4.69) is 32.9 Å². The molecule has 0 aliphatic heterocycles. The zero-order valence-electron chi connectivity index (χ0n) is 21.0. The van der Waals surface area contributed by atoms with Crippen LogP contribution < -0.4 is 10.3 Å². The van der Waals surface area contributed by atoms with E-state index in [1.807, 2.05) is 49.1 Å². The van der Waals surface area contributed by atoms with Crippen molar-refractivity contribution in [3.63, 3.8) is 0 Å². The number of rotatable bonds is 9. The molecule has 3 aromatic carbocycles. The van der Waals surface area contributed by atoms with E-state index in [-0.39, 0.29) is 17.1 Å². The molecule has 38 heavy (non-hydrogen) atoms. The minimum Gasteiger partial charge on any atom is -0.507 e. The molecular weight excluding hydrogens is 502 g/mol. The van der Waals surface area contributed by atoms with Gasteiger partial charge in [0, 0.05) is 29.4 Å². The average Bonchev–Trinajstić information content (AvgIpc) is 2.90. The number of nitriles is 2. The molecule has 0 saturated carbocycles. The third kappa shape index (κ3) is 7.63. The predicted octanol–water partition coefficient (Wildman–Crippen LogP) is 6.17. The van der Waals surface area contributed by atoms with E-state index >= 15 is 0 Å². The van der Waals surface area contributed by atoms with Crippen LogP contribution in [0.5, 0.6) is 5.75 Å². The number of hydrazone groups is 1. The molecule has 0 aromatic heterocycles. The number of hydrogen-bond acceptors (Lipinski definition) is 7. The van der Waals surface area contributed by atoms with E-state index in [0.29, 0.717) is 42.2 Å². The zero-order chi connectivity index (χ0) is 27.5. The summed E-state index contributed by atoms with van der Waals surface area (Å²) in [7, 11) is 0. The van der Waals surface area contributed by atoms with Gasteiger partial charge in [-0.25, -0.2) is 5.43 Å². The van der Waals surface area contributed by atoms with E-state index in [9.17, 15) is 9.90 Å². The summed E-state index contributed by atoms with van der Waals surface area (Å²) in [6.07, 6.45) is 0.651. The summed E-state index contributed by atoms with van der Waals surface area (Å²) in [6, 6.07) is 21.4. The minimum absolute atomic E-state index is 0.0334. The molecule has 192 valence electrons. The average molecular weight is 528 g/mol. The van der Waals surface area contributed by atoms with Crippen molar-refractivity contribution in [2.45, 2.75) is 26.7 Å². The summed E-state index contributed by atoms with van der Waals surface area (Å²) >= 11 is 5.97. The van der Waals surface area contributed by atoms with E-state index in [0.717, 1.165) is 16.8 Å². The number of benzene rings is 3. The van der Waals surface area contributed by atoms with Gasteiger partial charge in [-0.3, -0.25) is 4.79 Å². The van der Waals surface area contributed by atoms with E-state index in [1.54, 1.807) is 12.1 Å². The molecule has 0 unspecified atom stereocenters. The van der Waals surface area contributed by atoms with Crippen molar-refractivity contribution in [2.75, 3.05) is 18.0 Å². The predicted molar refractivity (Wildman–Crippen MR) is 147 cm³/mol. The van der Waals surface area contributed by atoms with Crippen molar-refractivity contribution in [3.05, 3.63) is 87.9 Å². The monoisotopic (exact) mass is 527 g/mol. The van der Waals surface area contributed by atoms with Crippen LogP contribution in [0.1, 0.15) is 39.9 Å². The molecule has 0 radical (unpaired) electrons. The Kier molecular flexibility index (Phi) is 9.93. The number of azo groups is 1. The van der Waals surface area contributed by atoms with Gasteiger partial charge >= 0.3 is 0 Å². The van der Waals surface area contributed by atoms with Crippen molar-refractivity contribution in [1.82, 2.24) is 5.43 Å². The van der Waals surface area contributed by atoms with Gasteiger partial charge in [-0.1, -0.05) is 23.7 Å². The number of nitrogens with one attached hydrogen (secondary N) is 1. The maximum atomic E-state index is 12.7. The van der Waals surface area contributed by atoms with Crippen molar-refractivity contribution < 1.29 is 9.90 Å². The Morgan fingerprint density at radius 1 is 1.00 bits per heavy atom. The lowest BCUT2D eigenvalue weighted by atomic mass is 10.1. The molecule has 0 atom stereocenters. The molecule has 1 amide bonds. The fourth-order valence-corrected chi connectivity index (χ4v) is 3.79. The Morgan fingerprint density at radius 2 is 1.74 bits per heavy atom. The van der Waals surface area contributed by atoms with Crippen LogP contribution in [0.3, 0.4) is 0 Å². The first kappa shape index (κ1) is 27.9. The molecule has 3 rings (SSSR count). The first-order valence-electron chi connectivity index (χ1n) is 11.8. The number of aryl methyl sites for hydroxylation is 2. The number of carbonyl (C=O) groups excluding carboxylic acids is 1. The van der Waals surface area contributed by atoms with Crippen LogP contribution >= 0.6 is 11.6 Å². The topological polar surface area (TPSA) is 137 Å². The van der Waals surface area contributed by atoms with Crippen LogP contribution in [0.25, 0.3) is 0 Å². The fraction of sp³-hybridized carbons (Fsp3) is 0.214. The highest BCUT2D eigenvalue weighted by Crippen LogP contribution is 2.23. The highest BCUT2D eigenvalue weighted by Gasteiger charge is 2.15. The van der Waals surface area contributed by atoms with E-state index < -0.39 is 5.91 Å². The highest BCUT2D eigenvalue weighted by molar-refractivity contribution is 6.31. The fourth-order valence-electron chi connectivity index (χ4n) is 3.62. The summed E-state index contributed by atoms with van der Waals surface area (Å²) in [4.78, 5) is 14.7. The highest BCUT2D eigenvalue weighted by atomic mass is 35.5. The molecule has 2 N–H and O–H groups in total. The Labute approximate surface area is 226 Å². The molecule has 0 fully saturated rings. The van der Waals surface area contributed by atoms with Crippen LogP contribution in [0.15, 0.2) is 76.0 Å². The summed E-state index contributed by atoms with van der Waals surface area (Å²) < 4.78 is 0. The van der Waals surface area contributed by atoms with Crippen LogP contribution in [0.2, 0.25) is 5.02 Å². The second-order valence-corrected chi connectivity index (χ2v) is 8.82. The van der Waals surface area contributed by atoms with Gasteiger partial charge in [0.15, 0.2) is 0 Å². The number of halogens is 1. The number of nitrogens with zero attached hydrogens (tertiary/aromatic N) is 6. The first-order valence-corrected chi connectivity index (χ1v) is 12.1. The number of amides is 1. The van der Waals surface area contributed by atoms with Crippen LogP contribution in [0, 0.1) is 36.5 Å². The first-order chi connectivity index (χ1) is 18.3. The number of phenols is 1. The van der Waals surface area contributed by atoms with Gasteiger partial charge in [0.1, 0.15) is 5.75 Å². The van der Waals surface area contributed by atoms with Crippen LogP contribution in [-0.4, -0.2) is 29.9 Å². The summed E-state index contributed by atoms with van der Waals surface area (Å²) in [6.45, 7) is 4.79. The van der Waals surface area contributed by atoms with Crippen LogP contribution in [0.4, 0.5) is 11.4 Å². The molecule has 0 heterocycles. The lowest BCUT2D eigenvalue weighted by Crippen LogP contribution is -2.25. The molecule has 0 bridgehead atoms. The zero-order valence-corrected chi connectivity index (χ0v) is 21.8. The van der Waals surface area contributed by atoms with Gasteiger partial charge in [-0.2, -0.15) is 10.5 Å². The van der Waals surface area contributed by atoms with Gasteiger partial charge in [0.25, 0.3) is 5.91 Å². The summed E-state index contributed by atoms with van der Waals surface area (Å²) in [5.41, 5.74) is 6.28. The summed E-state index contributed by atoms with van der Waals surface area (Å²) in [5, 5.41) is 41.2. The Morgan fingerprint density at radius 3 is 2.39 bits per heavy atom. The third-order valence-electron chi connectivity index (χ3n) is 5.53. The van der Waals surface area contributed by atoms with Gasteiger partial charge < -0.3 is 10.0 Å². The normalized spacial score (nSPS) is 11.1. The Bertz CT molecular complexity index is 1440. The molecule has 0 spiro atoms. The van der Waals surface area contributed by atoms with Crippen molar-refractivity contribution >= 4 is 34.7 Å². The smallest absolute Gasteiger partial charge is 0.275 e. The molecule has 0 aliphatic rings. The lowest BCUT2D eigenvalue weighted by Gasteiger charge is -2.23. The van der Waals surface area contributed by atoms with Crippen molar-refractivity contribution in [1.29, 1.82) is 10.5 Å². The van der Waals surface area contributed by atoms with Crippen molar-refractivity contribution in [2.24, 2.45) is 15.3 Å². The quantitative estimate of drug-likeness (QED) is 0.148. The molecule has 0 saturated heterocycles.